The first-order valence-corrected chi connectivity index (χ1v) is 11.1. The van der Waals surface area contributed by atoms with Crippen LogP contribution >= 0.6 is 23.4 Å². The van der Waals surface area contributed by atoms with Gasteiger partial charge >= 0.3 is 0 Å². The molecule has 1 aromatic heterocycles. The summed E-state index contributed by atoms with van der Waals surface area (Å²) < 4.78 is 7.39. The molecule has 1 amide bonds. The Bertz CT molecular complexity index is 1240. The number of anilines is 1. The van der Waals surface area contributed by atoms with E-state index >= 15 is 0 Å². The number of thioether (sulfide) groups is 1. The van der Waals surface area contributed by atoms with Crippen LogP contribution in [0.2, 0.25) is 5.02 Å². The highest BCUT2D eigenvalue weighted by Gasteiger charge is 2.18. The van der Waals surface area contributed by atoms with Crippen LogP contribution in [0.5, 0.6) is 5.75 Å². The number of carbonyl (C=O) groups excluding carboxylic acids is 1. The third-order valence-corrected chi connectivity index (χ3v) is 6.00. The van der Waals surface area contributed by atoms with Crippen molar-refractivity contribution in [3.05, 3.63) is 65.7 Å². The molecule has 0 aliphatic carbocycles. The molecular formula is C23H21ClN4O2S. The highest BCUT2D eigenvalue weighted by atomic mass is 35.5. The molecular weight excluding hydrogens is 432 g/mol. The van der Waals surface area contributed by atoms with E-state index in [-0.39, 0.29) is 11.7 Å². The molecule has 0 aliphatic rings. The predicted molar refractivity (Wildman–Crippen MR) is 126 cm³/mol. The lowest BCUT2D eigenvalue weighted by Gasteiger charge is -2.11. The molecule has 0 atom stereocenters. The zero-order valence-electron chi connectivity index (χ0n) is 17.1. The van der Waals surface area contributed by atoms with E-state index in [1.54, 1.807) is 25.3 Å². The number of methoxy groups -OCH3 is 1. The number of aromatic nitrogens is 3. The van der Waals surface area contributed by atoms with E-state index < -0.39 is 0 Å². The lowest BCUT2D eigenvalue weighted by Crippen LogP contribution is -2.14. The Labute approximate surface area is 189 Å². The summed E-state index contributed by atoms with van der Waals surface area (Å²) in [5.74, 6) is 1.43. The highest BCUT2D eigenvalue weighted by molar-refractivity contribution is 7.99. The summed E-state index contributed by atoms with van der Waals surface area (Å²) in [7, 11) is 1.60. The molecule has 1 N–H and O–H groups in total. The molecule has 0 spiro atoms. The minimum Gasteiger partial charge on any atom is -0.496 e. The molecule has 0 saturated heterocycles. The molecule has 0 aliphatic heterocycles. The maximum Gasteiger partial charge on any atom is 0.234 e. The molecule has 6 nitrogen and oxygen atoms in total. The number of nitrogens with zero attached hydrogens (tertiary/aromatic N) is 3. The van der Waals surface area contributed by atoms with E-state index in [1.807, 2.05) is 54.0 Å². The van der Waals surface area contributed by atoms with Crippen LogP contribution in [-0.4, -0.2) is 33.5 Å². The number of nitrogens with one attached hydrogen (secondary N) is 1. The zero-order chi connectivity index (χ0) is 21.8. The van der Waals surface area contributed by atoms with Crippen LogP contribution in [-0.2, 0) is 11.3 Å². The Kier molecular flexibility index (Phi) is 6.44. The summed E-state index contributed by atoms with van der Waals surface area (Å²) in [4.78, 5) is 12.5. The van der Waals surface area contributed by atoms with Crippen molar-refractivity contribution >= 4 is 45.7 Å². The Morgan fingerprint density at radius 3 is 2.68 bits per heavy atom. The van der Waals surface area contributed by atoms with Crippen molar-refractivity contribution < 1.29 is 9.53 Å². The predicted octanol–water partition coefficient (Wildman–Crippen LogP) is 5.51. The number of benzene rings is 3. The lowest BCUT2D eigenvalue weighted by molar-refractivity contribution is -0.113. The van der Waals surface area contributed by atoms with Crippen molar-refractivity contribution in [2.45, 2.75) is 18.6 Å². The number of halogens is 1. The molecule has 31 heavy (non-hydrogen) atoms. The summed E-state index contributed by atoms with van der Waals surface area (Å²) in [5, 5.41) is 15.0. The maximum absolute atomic E-state index is 12.5. The Morgan fingerprint density at radius 1 is 1.10 bits per heavy atom. The van der Waals surface area contributed by atoms with Crippen LogP contribution in [0.4, 0.5) is 5.69 Å². The quantitative estimate of drug-likeness (QED) is 0.374. The van der Waals surface area contributed by atoms with Gasteiger partial charge in [-0.25, -0.2) is 0 Å². The average molecular weight is 453 g/mol. The highest BCUT2D eigenvalue weighted by Crippen LogP contribution is 2.33. The minimum atomic E-state index is -0.104. The first-order chi connectivity index (χ1) is 15.1. The van der Waals surface area contributed by atoms with Gasteiger partial charge in [0.25, 0.3) is 0 Å². The monoisotopic (exact) mass is 452 g/mol. The molecule has 8 heteroatoms. The van der Waals surface area contributed by atoms with Gasteiger partial charge in [-0.2, -0.15) is 0 Å². The standard InChI is InChI=1S/C23H21ClN4O2S/c1-3-28-22(19-13-17(24)9-11-20(19)30-2)26-27-23(28)31-14-21(29)25-18-10-8-15-6-4-5-7-16(15)12-18/h4-13H,3,14H2,1-2H3,(H,25,29). The van der Waals surface area contributed by atoms with Gasteiger partial charge in [0.05, 0.1) is 18.4 Å². The van der Waals surface area contributed by atoms with Crippen molar-refractivity contribution in [3.63, 3.8) is 0 Å². The van der Waals surface area contributed by atoms with E-state index in [0.717, 1.165) is 22.0 Å². The SMILES string of the molecule is CCn1c(SCC(=O)Nc2ccc3ccccc3c2)nnc1-c1cc(Cl)ccc1OC. The number of ether oxygens (including phenoxy) is 1. The number of hydrogen-bond acceptors (Lipinski definition) is 5. The lowest BCUT2D eigenvalue weighted by atomic mass is 10.1. The normalized spacial score (nSPS) is 10.9. The van der Waals surface area contributed by atoms with Gasteiger partial charge in [-0.1, -0.05) is 53.7 Å². The van der Waals surface area contributed by atoms with Crippen LogP contribution in [0, 0.1) is 0 Å². The third-order valence-electron chi connectivity index (χ3n) is 4.80. The van der Waals surface area contributed by atoms with Crippen LogP contribution < -0.4 is 10.1 Å². The van der Waals surface area contributed by atoms with E-state index in [1.165, 1.54) is 11.8 Å². The van der Waals surface area contributed by atoms with Crippen LogP contribution in [0.3, 0.4) is 0 Å². The van der Waals surface area contributed by atoms with E-state index in [0.29, 0.717) is 28.3 Å². The molecule has 0 radical (unpaired) electrons. The second-order valence-corrected chi connectivity index (χ2v) is 8.17. The molecule has 4 rings (SSSR count). The molecule has 0 fully saturated rings. The number of amides is 1. The van der Waals surface area contributed by atoms with Crippen molar-refractivity contribution in [1.29, 1.82) is 0 Å². The molecule has 3 aromatic carbocycles. The topological polar surface area (TPSA) is 69.0 Å². The van der Waals surface area contributed by atoms with Gasteiger partial charge in [0.1, 0.15) is 5.75 Å². The maximum atomic E-state index is 12.5. The first-order valence-electron chi connectivity index (χ1n) is 9.77. The summed E-state index contributed by atoms with van der Waals surface area (Å²) in [6.45, 7) is 2.65. The van der Waals surface area contributed by atoms with Crippen molar-refractivity contribution in [1.82, 2.24) is 14.8 Å². The van der Waals surface area contributed by atoms with Crippen LogP contribution in [0.15, 0.2) is 65.8 Å². The first kappa shape index (κ1) is 21.2. The van der Waals surface area contributed by atoms with Crippen molar-refractivity contribution in [3.8, 4) is 17.1 Å². The van der Waals surface area contributed by atoms with Crippen LogP contribution in [0.1, 0.15) is 6.92 Å². The van der Waals surface area contributed by atoms with Crippen molar-refractivity contribution in [2.24, 2.45) is 0 Å². The van der Waals surface area contributed by atoms with E-state index in [4.69, 9.17) is 16.3 Å². The van der Waals surface area contributed by atoms with Gasteiger partial charge in [0.15, 0.2) is 11.0 Å². The number of fused-ring (bicyclic) bond motifs is 1. The fraction of sp³-hybridized carbons (Fsp3) is 0.174. The number of hydrogen-bond donors (Lipinski definition) is 1. The Balaban J connectivity index is 1.48. The molecule has 4 aromatic rings. The summed E-state index contributed by atoms with van der Waals surface area (Å²) in [5.41, 5.74) is 1.53. The molecule has 1 heterocycles. The van der Waals surface area contributed by atoms with E-state index in [2.05, 4.69) is 15.5 Å². The molecule has 158 valence electrons. The average Bonchev–Trinajstić information content (AvgIpc) is 3.20. The van der Waals surface area contributed by atoms with Crippen LogP contribution in [0.25, 0.3) is 22.2 Å². The van der Waals surface area contributed by atoms with Gasteiger partial charge in [0, 0.05) is 17.3 Å². The Morgan fingerprint density at radius 2 is 1.90 bits per heavy atom. The minimum absolute atomic E-state index is 0.104. The number of rotatable bonds is 7. The number of carbonyl (C=O) groups is 1. The fourth-order valence-corrected chi connectivity index (χ4v) is 4.30. The fourth-order valence-electron chi connectivity index (χ4n) is 3.33. The van der Waals surface area contributed by atoms with Gasteiger partial charge in [-0.05, 0) is 48.0 Å². The second-order valence-electron chi connectivity index (χ2n) is 6.79. The van der Waals surface area contributed by atoms with Gasteiger partial charge < -0.3 is 14.6 Å². The second kappa shape index (κ2) is 9.41. The molecule has 0 unspecified atom stereocenters. The molecule has 0 bridgehead atoms. The summed E-state index contributed by atoms with van der Waals surface area (Å²) in [6.07, 6.45) is 0. The van der Waals surface area contributed by atoms with Gasteiger partial charge in [-0.15, -0.1) is 10.2 Å². The van der Waals surface area contributed by atoms with E-state index in [9.17, 15) is 4.79 Å². The summed E-state index contributed by atoms with van der Waals surface area (Å²) >= 11 is 7.51. The Hall–Kier alpha value is -3.03. The largest absolute Gasteiger partial charge is 0.496 e. The third kappa shape index (κ3) is 4.68. The van der Waals surface area contributed by atoms with Gasteiger partial charge in [0.2, 0.25) is 5.91 Å². The smallest absolute Gasteiger partial charge is 0.234 e. The zero-order valence-corrected chi connectivity index (χ0v) is 18.7. The van der Waals surface area contributed by atoms with Crippen molar-refractivity contribution in [2.75, 3.05) is 18.2 Å². The summed E-state index contributed by atoms with van der Waals surface area (Å²) in [6, 6.07) is 19.3. The molecule has 0 saturated carbocycles. The van der Waals surface area contributed by atoms with Gasteiger partial charge in [-0.3, -0.25) is 4.79 Å².